The van der Waals surface area contributed by atoms with Crippen LogP contribution in [0.5, 0.6) is 0 Å². The second-order valence-electron chi connectivity index (χ2n) is 0.519. The summed E-state index contributed by atoms with van der Waals surface area (Å²) in [7, 11) is 0. The minimum atomic E-state index is 0. The molecule has 3 heteroatoms. The molecule has 0 saturated carbocycles. The maximum atomic E-state index is 3.19. The fourth-order valence-electron chi connectivity index (χ4n) is 0. The molecular weight excluding hydrogens is 198 g/mol. The lowest BCUT2D eigenvalue weighted by molar-refractivity contribution is 1.48. The van der Waals surface area contributed by atoms with E-state index in [9.17, 15) is 0 Å². The predicted molar refractivity (Wildman–Crippen MR) is 32.3 cm³/mol. The molecule has 0 unspecified atom stereocenters. The van der Waals surface area contributed by atoms with Gasteiger partial charge in [0.2, 0.25) is 0 Å². The van der Waals surface area contributed by atoms with Crippen molar-refractivity contribution in [3.8, 4) is 0 Å². The van der Waals surface area contributed by atoms with Crippen molar-refractivity contribution in [1.29, 1.82) is 0 Å². The summed E-state index contributed by atoms with van der Waals surface area (Å²) in [4.78, 5) is 0. The molecule has 0 radical (unpaired) electrons. The van der Waals surface area contributed by atoms with E-state index >= 15 is 0 Å². The zero-order valence-corrected chi connectivity index (χ0v) is 6.21. The SMILES string of the molecule is CC(Br)Br.N. The molecule has 34 valence electrons. The molecule has 0 aliphatic carbocycles. The topological polar surface area (TPSA) is 35.0 Å². The van der Waals surface area contributed by atoms with Gasteiger partial charge in [-0.1, -0.05) is 31.9 Å². The van der Waals surface area contributed by atoms with Crippen molar-refractivity contribution in [3.63, 3.8) is 0 Å². The predicted octanol–water partition coefficient (Wildman–Crippen LogP) is 2.28. The van der Waals surface area contributed by atoms with Crippen LogP contribution in [-0.4, -0.2) is 3.74 Å². The van der Waals surface area contributed by atoms with Crippen molar-refractivity contribution in [2.75, 3.05) is 0 Å². The van der Waals surface area contributed by atoms with E-state index in [1.807, 2.05) is 6.92 Å². The lowest BCUT2D eigenvalue weighted by Crippen LogP contribution is -1.60. The molecule has 0 aromatic rings. The van der Waals surface area contributed by atoms with E-state index in [4.69, 9.17) is 0 Å². The fourth-order valence-corrected chi connectivity index (χ4v) is 0. The summed E-state index contributed by atoms with van der Waals surface area (Å²) < 4.78 is 0.458. The van der Waals surface area contributed by atoms with Crippen LogP contribution >= 0.6 is 31.9 Å². The molecule has 0 aliphatic rings. The fraction of sp³-hybridized carbons (Fsp3) is 1.00. The maximum absolute atomic E-state index is 3.19. The van der Waals surface area contributed by atoms with Crippen LogP contribution in [0, 0.1) is 0 Å². The molecule has 1 nitrogen and oxygen atoms in total. The summed E-state index contributed by atoms with van der Waals surface area (Å²) in [6.07, 6.45) is 0. The van der Waals surface area contributed by atoms with Gasteiger partial charge in [0, 0.05) is 0 Å². The van der Waals surface area contributed by atoms with Gasteiger partial charge in [0.15, 0.2) is 0 Å². The van der Waals surface area contributed by atoms with Crippen LogP contribution in [0.15, 0.2) is 0 Å². The number of alkyl halides is 2. The summed E-state index contributed by atoms with van der Waals surface area (Å²) in [5, 5.41) is 0. The lowest BCUT2D eigenvalue weighted by atomic mass is 11.0. The lowest BCUT2D eigenvalue weighted by Gasteiger charge is -1.73. The van der Waals surface area contributed by atoms with Gasteiger partial charge in [-0.2, -0.15) is 0 Å². The Balaban J connectivity index is 0. The average Bonchev–Trinajstić information content (AvgIpc) is 0.811. The van der Waals surface area contributed by atoms with Gasteiger partial charge in [0.1, 0.15) is 0 Å². The van der Waals surface area contributed by atoms with Crippen molar-refractivity contribution in [2.45, 2.75) is 10.7 Å². The van der Waals surface area contributed by atoms with Gasteiger partial charge in [0.25, 0.3) is 0 Å². The Labute approximate surface area is 49.0 Å². The Morgan fingerprint density at radius 3 is 1.40 bits per heavy atom. The largest absolute Gasteiger partial charge is 0.344 e. The number of halogens is 2. The Kier molecular flexibility index (Phi) is 9.18. The molecular formula is C2H7Br2N. The van der Waals surface area contributed by atoms with Crippen LogP contribution in [-0.2, 0) is 0 Å². The standard InChI is InChI=1S/C2H4Br2.H3N/c1-2(3)4;/h2H,1H3;1H3. The number of hydrogen-bond donors (Lipinski definition) is 1. The van der Waals surface area contributed by atoms with Gasteiger partial charge in [-0.3, -0.25) is 0 Å². The normalized spacial score (nSPS) is 7.20. The average molecular weight is 205 g/mol. The third-order valence-corrected chi connectivity index (χ3v) is 0. The first-order valence-corrected chi connectivity index (χ1v) is 2.85. The van der Waals surface area contributed by atoms with E-state index < -0.39 is 0 Å². The van der Waals surface area contributed by atoms with Crippen LogP contribution in [0.4, 0.5) is 0 Å². The van der Waals surface area contributed by atoms with E-state index in [2.05, 4.69) is 31.9 Å². The summed E-state index contributed by atoms with van der Waals surface area (Å²) >= 11 is 6.38. The van der Waals surface area contributed by atoms with Crippen LogP contribution in [0.3, 0.4) is 0 Å². The van der Waals surface area contributed by atoms with Gasteiger partial charge in [0.05, 0.1) is 3.74 Å². The molecule has 0 spiro atoms. The highest BCUT2D eigenvalue weighted by molar-refractivity contribution is 9.24. The molecule has 0 fully saturated rings. The first-order valence-electron chi connectivity index (χ1n) is 1.01. The minimum absolute atomic E-state index is 0. The molecule has 0 bridgehead atoms. The molecule has 0 heterocycles. The molecule has 0 aromatic heterocycles. The zero-order chi connectivity index (χ0) is 3.58. The van der Waals surface area contributed by atoms with Gasteiger partial charge < -0.3 is 6.15 Å². The van der Waals surface area contributed by atoms with Crippen molar-refractivity contribution in [3.05, 3.63) is 0 Å². The summed E-state index contributed by atoms with van der Waals surface area (Å²) in [6.45, 7) is 2.00. The third kappa shape index (κ3) is 49.6. The Hall–Kier alpha value is 0.920. The van der Waals surface area contributed by atoms with E-state index in [0.717, 1.165) is 0 Å². The van der Waals surface area contributed by atoms with Crippen LogP contribution in [0.1, 0.15) is 6.92 Å². The Morgan fingerprint density at radius 1 is 1.40 bits per heavy atom. The first kappa shape index (κ1) is 9.33. The van der Waals surface area contributed by atoms with Crippen molar-refractivity contribution >= 4 is 31.9 Å². The summed E-state index contributed by atoms with van der Waals surface area (Å²) in [5.41, 5.74) is 0. The van der Waals surface area contributed by atoms with Gasteiger partial charge in [-0.15, -0.1) is 0 Å². The van der Waals surface area contributed by atoms with Crippen molar-refractivity contribution in [2.24, 2.45) is 0 Å². The molecule has 0 amide bonds. The third-order valence-electron chi connectivity index (χ3n) is 0. The highest BCUT2D eigenvalue weighted by atomic mass is 79.9. The molecule has 0 rings (SSSR count). The molecule has 0 atom stereocenters. The minimum Gasteiger partial charge on any atom is -0.344 e. The van der Waals surface area contributed by atoms with E-state index in [1.165, 1.54) is 0 Å². The van der Waals surface area contributed by atoms with Crippen LogP contribution in [0.25, 0.3) is 0 Å². The summed E-state index contributed by atoms with van der Waals surface area (Å²) in [6, 6.07) is 0. The van der Waals surface area contributed by atoms with Crippen LogP contribution < -0.4 is 6.15 Å². The second-order valence-corrected chi connectivity index (χ2v) is 4.49. The summed E-state index contributed by atoms with van der Waals surface area (Å²) in [5.74, 6) is 0. The first-order chi connectivity index (χ1) is 1.73. The highest BCUT2D eigenvalue weighted by Crippen LogP contribution is 2.03. The van der Waals surface area contributed by atoms with Gasteiger partial charge >= 0.3 is 0 Å². The molecule has 0 aromatic carbocycles. The monoisotopic (exact) mass is 203 g/mol. The maximum Gasteiger partial charge on any atom is 0.0669 e. The zero-order valence-electron chi connectivity index (χ0n) is 3.04. The highest BCUT2D eigenvalue weighted by Gasteiger charge is 1.74. The quantitative estimate of drug-likeness (QED) is 0.604. The van der Waals surface area contributed by atoms with Crippen molar-refractivity contribution < 1.29 is 0 Å². The van der Waals surface area contributed by atoms with Crippen molar-refractivity contribution in [1.82, 2.24) is 6.15 Å². The van der Waals surface area contributed by atoms with Gasteiger partial charge in [-0.25, -0.2) is 0 Å². The van der Waals surface area contributed by atoms with E-state index in [0.29, 0.717) is 3.74 Å². The number of rotatable bonds is 0. The Bertz CT molecular complexity index is 12.4. The Morgan fingerprint density at radius 2 is 1.40 bits per heavy atom. The van der Waals surface area contributed by atoms with E-state index in [-0.39, 0.29) is 6.15 Å². The molecule has 5 heavy (non-hydrogen) atoms. The van der Waals surface area contributed by atoms with E-state index in [1.54, 1.807) is 0 Å². The molecule has 0 aliphatic heterocycles. The van der Waals surface area contributed by atoms with Gasteiger partial charge in [-0.05, 0) is 6.92 Å². The number of hydrogen-bond acceptors (Lipinski definition) is 1. The second kappa shape index (κ2) is 4.92. The van der Waals surface area contributed by atoms with Crippen LogP contribution in [0.2, 0.25) is 0 Å². The molecule has 0 saturated heterocycles. The molecule has 3 N–H and O–H groups in total. The smallest absolute Gasteiger partial charge is 0.0669 e.